The number of hydrogen-bond donors (Lipinski definition) is 0. The fourth-order valence-corrected chi connectivity index (χ4v) is 4.41. The largest absolute Gasteiger partial charge is 0.451 e. The Morgan fingerprint density at radius 1 is 1.32 bits per heavy atom. The van der Waals surface area contributed by atoms with Crippen molar-refractivity contribution >= 4 is 50.9 Å². The van der Waals surface area contributed by atoms with E-state index in [2.05, 4.69) is 5.10 Å². The molecule has 0 N–H and O–H groups in total. The van der Waals surface area contributed by atoms with E-state index in [9.17, 15) is 14.4 Å². The highest BCUT2D eigenvalue weighted by atomic mass is 35.5. The van der Waals surface area contributed by atoms with E-state index in [1.54, 1.807) is 16.8 Å². The summed E-state index contributed by atoms with van der Waals surface area (Å²) in [5, 5.41) is 5.87. The Balaban J connectivity index is 1.55. The van der Waals surface area contributed by atoms with Crippen molar-refractivity contribution in [3.63, 3.8) is 0 Å². The molecule has 2 amide bonds. The first-order chi connectivity index (χ1) is 13.5. The number of carbonyl (C=O) groups excluding carboxylic acids is 3. The van der Waals surface area contributed by atoms with Gasteiger partial charge in [0.15, 0.2) is 6.61 Å². The Hall–Kier alpha value is -2.71. The third-order valence-electron chi connectivity index (χ3n) is 4.53. The summed E-state index contributed by atoms with van der Waals surface area (Å²) in [6.45, 7) is 1.78. The monoisotopic (exact) mass is 417 g/mol. The molecule has 3 heterocycles. The molecule has 9 heteroatoms. The van der Waals surface area contributed by atoms with E-state index >= 15 is 0 Å². The Labute approximate surface area is 169 Å². The number of aryl methyl sites for hydroxylation is 1. The molecule has 0 aliphatic carbocycles. The molecule has 1 aliphatic rings. The number of carbonyl (C=O) groups is 3. The van der Waals surface area contributed by atoms with Crippen molar-refractivity contribution in [2.75, 3.05) is 13.2 Å². The van der Waals surface area contributed by atoms with Crippen LogP contribution in [0.15, 0.2) is 30.3 Å². The van der Waals surface area contributed by atoms with Crippen LogP contribution >= 0.6 is 22.9 Å². The topological polar surface area (TPSA) is 81.5 Å². The lowest BCUT2D eigenvalue weighted by molar-refractivity contribution is -0.143. The van der Waals surface area contributed by atoms with E-state index in [0.717, 1.165) is 20.8 Å². The molecule has 3 aromatic rings. The fourth-order valence-electron chi connectivity index (χ4n) is 3.12. The van der Waals surface area contributed by atoms with E-state index in [-0.39, 0.29) is 5.91 Å². The number of thiophene rings is 1. The summed E-state index contributed by atoms with van der Waals surface area (Å²) >= 11 is 7.50. The molecule has 1 aliphatic heterocycles. The van der Waals surface area contributed by atoms with Gasteiger partial charge in [0.25, 0.3) is 5.91 Å². The summed E-state index contributed by atoms with van der Waals surface area (Å²) in [4.78, 5) is 38.3. The molecule has 0 saturated carbocycles. The van der Waals surface area contributed by atoms with E-state index in [4.69, 9.17) is 16.3 Å². The normalized spacial score (nSPS) is 14.1. The second-order valence-electron chi connectivity index (χ2n) is 6.40. The van der Waals surface area contributed by atoms with Crippen molar-refractivity contribution in [1.82, 2.24) is 14.7 Å². The minimum absolute atomic E-state index is 0.224. The predicted octanol–water partition coefficient (Wildman–Crippen LogP) is 3.35. The van der Waals surface area contributed by atoms with Crippen molar-refractivity contribution < 1.29 is 19.1 Å². The molecule has 0 radical (unpaired) electrons. The third-order valence-corrected chi connectivity index (χ3v) is 5.94. The van der Waals surface area contributed by atoms with Crippen molar-refractivity contribution in [2.24, 2.45) is 0 Å². The predicted molar refractivity (Wildman–Crippen MR) is 105 cm³/mol. The number of benzene rings is 1. The highest BCUT2D eigenvalue weighted by Crippen LogP contribution is 2.32. The molecule has 1 fully saturated rings. The fraction of sp³-hybridized carbons (Fsp3) is 0.263. The van der Waals surface area contributed by atoms with Crippen molar-refractivity contribution in [3.05, 3.63) is 45.9 Å². The SMILES string of the molecule is Cc1nn(-c2ccccc2Cl)c2sc(C(=O)OCC(=O)N3CCCC3=O)cc12. The summed E-state index contributed by atoms with van der Waals surface area (Å²) in [6, 6.07) is 9.01. The lowest BCUT2D eigenvalue weighted by atomic mass is 10.3. The molecule has 0 spiro atoms. The van der Waals surface area contributed by atoms with E-state index in [1.165, 1.54) is 11.3 Å². The van der Waals surface area contributed by atoms with Gasteiger partial charge in [-0.2, -0.15) is 5.10 Å². The number of rotatable bonds is 4. The van der Waals surface area contributed by atoms with E-state index in [0.29, 0.717) is 35.0 Å². The number of likely N-dealkylation sites (tertiary alicyclic amines) is 1. The van der Waals surface area contributed by atoms with Gasteiger partial charge < -0.3 is 4.74 Å². The molecular formula is C19H16ClN3O4S. The van der Waals surface area contributed by atoms with Crippen LogP contribution in [0.1, 0.15) is 28.2 Å². The first-order valence-electron chi connectivity index (χ1n) is 8.70. The number of halogens is 1. The number of fused-ring (bicyclic) bond motifs is 1. The molecule has 144 valence electrons. The highest BCUT2D eigenvalue weighted by Gasteiger charge is 2.27. The molecule has 1 aromatic carbocycles. The van der Waals surface area contributed by atoms with Crippen molar-refractivity contribution in [2.45, 2.75) is 19.8 Å². The molecule has 0 atom stereocenters. The summed E-state index contributed by atoms with van der Waals surface area (Å²) < 4.78 is 6.83. The number of imide groups is 1. The second-order valence-corrected chi connectivity index (χ2v) is 7.83. The summed E-state index contributed by atoms with van der Waals surface area (Å²) in [5.74, 6) is -1.32. The highest BCUT2D eigenvalue weighted by molar-refractivity contribution is 7.20. The van der Waals surface area contributed by atoms with Crippen LogP contribution in [0.5, 0.6) is 0 Å². The van der Waals surface area contributed by atoms with Crippen LogP contribution in [0.3, 0.4) is 0 Å². The molecule has 2 aromatic heterocycles. The van der Waals surface area contributed by atoms with Crippen LogP contribution < -0.4 is 0 Å². The van der Waals surface area contributed by atoms with Gasteiger partial charge in [-0.25, -0.2) is 9.48 Å². The van der Waals surface area contributed by atoms with Gasteiger partial charge in [0.05, 0.1) is 16.4 Å². The van der Waals surface area contributed by atoms with Crippen LogP contribution in [-0.4, -0.2) is 45.6 Å². The maximum absolute atomic E-state index is 12.4. The molecule has 7 nitrogen and oxygen atoms in total. The number of esters is 1. The Bertz CT molecular complexity index is 1100. The summed E-state index contributed by atoms with van der Waals surface area (Å²) in [7, 11) is 0. The lowest BCUT2D eigenvalue weighted by Crippen LogP contribution is -2.35. The molecular weight excluding hydrogens is 402 g/mol. The first-order valence-corrected chi connectivity index (χ1v) is 9.89. The van der Waals surface area contributed by atoms with Gasteiger partial charge in [-0.15, -0.1) is 11.3 Å². The molecule has 4 rings (SSSR count). The number of hydrogen-bond acceptors (Lipinski definition) is 6. The number of amides is 2. The van der Waals surface area contributed by atoms with Gasteiger partial charge in [0.2, 0.25) is 5.91 Å². The van der Waals surface area contributed by atoms with Gasteiger partial charge in [-0.3, -0.25) is 14.5 Å². The van der Waals surface area contributed by atoms with Gasteiger partial charge in [0.1, 0.15) is 9.71 Å². The number of nitrogens with zero attached hydrogens (tertiary/aromatic N) is 3. The Morgan fingerprint density at radius 2 is 2.11 bits per heavy atom. The van der Waals surface area contributed by atoms with Crippen LogP contribution in [0.2, 0.25) is 5.02 Å². The van der Waals surface area contributed by atoms with Gasteiger partial charge >= 0.3 is 5.97 Å². The van der Waals surface area contributed by atoms with E-state index < -0.39 is 18.5 Å². The van der Waals surface area contributed by atoms with Crippen LogP contribution in [0.25, 0.3) is 15.9 Å². The summed E-state index contributed by atoms with van der Waals surface area (Å²) in [6.07, 6.45) is 1.00. The van der Waals surface area contributed by atoms with E-state index in [1.807, 2.05) is 25.1 Å². The first kappa shape index (κ1) is 18.6. The molecule has 28 heavy (non-hydrogen) atoms. The van der Waals surface area contributed by atoms with Crippen LogP contribution in [0, 0.1) is 6.92 Å². The standard InChI is InChI=1S/C19H16ClN3O4S/c1-11-12-9-15(19(26)27-10-17(25)22-8-4-7-16(22)24)28-18(12)23(21-11)14-6-3-2-5-13(14)20/h2-3,5-6,9H,4,7-8,10H2,1H3. The van der Waals surface area contributed by atoms with Crippen LogP contribution in [0.4, 0.5) is 0 Å². The molecule has 0 unspecified atom stereocenters. The lowest BCUT2D eigenvalue weighted by Gasteiger charge is -2.12. The quantitative estimate of drug-likeness (QED) is 0.608. The average Bonchev–Trinajstić information content (AvgIpc) is 3.37. The molecule has 1 saturated heterocycles. The Morgan fingerprint density at radius 3 is 2.82 bits per heavy atom. The number of aromatic nitrogens is 2. The van der Waals surface area contributed by atoms with Crippen molar-refractivity contribution in [1.29, 1.82) is 0 Å². The maximum Gasteiger partial charge on any atom is 0.348 e. The minimum atomic E-state index is -0.605. The van der Waals surface area contributed by atoms with Gasteiger partial charge in [-0.1, -0.05) is 23.7 Å². The zero-order valence-electron chi connectivity index (χ0n) is 15.0. The zero-order chi connectivity index (χ0) is 19.8. The average molecular weight is 418 g/mol. The van der Waals surface area contributed by atoms with Gasteiger partial charge in [-0.05, 0) is 31.5 Å². The van der Waals surface area contributed by atoms with Crippen LogP contribution in [-0.2, 0) is 14.3 Å². The van der Waals surface area contributed by atoms with Crippen molar-refractivity contribution in [3.8, 4) is 5.69 Å². The Kier molecular flexibility index (Phi) is 4.91. The third kappa shape index (κ3) is 3.29. The second kappa shape index (κ2) is 7.37. The zero-order valence-corrected chi connectivity index (χ0v) is 16.5. The molecule has 0 bridgehead atoms. The maximum atomic E-state index is 12.4. The summed E-state index contributed by atoms with van der Waals surface area (Å²) in [5.41, 5.74) is 1.47. The number of para-hydroxylation sites is 1. The van der Waals surface area contributed by atoms with Gasteiger partial charge in [0, 0.05) is 18.4 Å². The number of ether oxygens (including phenoxy) is 1. The minimum Gasteiger partial charge on any atom is -0.451 e. The smallest absolute Gasteiger partial charge is 0.348 e.